The normalized spacial score (nSPS) is 12.8. The van der Waals surface area contributed by atoms with Gasteiger partial charge < -0.3 is 5.32 Å². The average Bonchev–Trinajstić information content (AvgIpc) is 3.03. The van der Waals surface area contributed by atoms with E-state index in [0.29, 0.717) is 22.6 Å². The number of anilines is 3. The highest BCUT2D eigenvalue weighted by molar-refractivity contribution is 7.08. The van der Waals surface area contributed by atoms with Crippen LogP contribution in [0.2, 0.25) is 0 Å². The van der Waals surface area contributed by atoms with Crippen molar-refractivity contribution >= 4 is 40.2 Å². The Labute approximate surface area is 142 Å². The summed E-state index contributed by atoms with van der Waals surface area (Å²) in [5, 5.41) is 6.48. The van der Waals surface area contributed by atoms with Gasteiger partial charge in [0.25, 0.3) is 5.91 Å². The van der Waals surface area contributed by atoms with Gasteiger partial charge in [-0.2, -0.15) is 0 Å². The zero-order valence-electron chi connectivity index (χ0n) is 12.6. The van der Waals surface area contributed by atoms with E-state index in [2.05, 4.69) is 10.3 Å². The molecule has 2 amide bonds. The highest BCUT2D eigenvalue weighted by Crippen LogP contribution is 2.39. The van der Waals surface area contributed by atoms with Gasteiger partial charge in [0, 0.05) is 23.2 Å². The van der Waals surface area contributed by atoms with Crippen LogP contribution in [0.1, 0.15) is 15.9 Å². The summed E-state index contributed by atoms with van der Waals surface area (Å²) in [4.78, 5) is 31.0. The lowest BCUT2D eigenvalue weighted by atomic mass is 10.1. The molecule has 3 heterocycles. The van der Waals surface area contributed by atoms with Crippen molar-refractivity contribution in [3.8, 4) is 0 Å². The molecule has 0 saturated heterocycles. The smallest absolute Gasteiger partial charge is 0.258 e. The lowest BCUT2D eigenvalue weighted by Gasteiger charge is -2.22. The number of hydrogen-bond donors (Lipinski definition) is 1. The Morgan fingerprint density at radius 2 is 1.88 bits per heavy atom. The molecule has 118 valence electrons. The largest absolute Gasteiger partial charge is 0.320 e. The van der Waals surface area contributed by atoms with E-state index in [0.717, 1.165) is 5.56 Å². The number of fused-ring (bicyclic) bond motifs is 2. The summed E-state index contributed by atoms with van der Waals surface area (Å²) in [5.74, 6) is -0.289. The Hall–Kier alpha value is -2.99. The molecule has 5 nitrogen and oxygen atoms in total. The van der Waals surface area contributed by atoms with Gasteiger partial charge in [-0.1, -0.05) is 12.1 Å². The van der Waals surface area contributed by atoms with E-state index in [-0.39, 0.29) is 18.2 Å². The lowest BCUT2D eigenvalue weighted by Crippen LogP contribution is -2.27. The van der Waals surface area contributed by atoms with Crippen molar-refractivity contribution in [2.45, 2.75) is 6.42 Å². The molecule has 1 aliphatic heterocycles. The number of nitrogens with one attached hydrogen (secondary N) is 1. The highest BCUT2D eigenvalue weighted by atomic mass is 32.1. The third-order valence-electron chi connectivity index (χ3n) is 3.87. The first kappa shape index (κ1) is 14.6. The summed E-state index contributed by atoms with van der Waals surface area (Å²) in [5.41, 5.74) is 3.34. The number of rotatable bonds is 2. The number of carbonyl (C=O) groups is 2. The van der Waals surface area contributed by atoms with Crippen molar-refractivity contribution in [3.05, 3.63) is 70.7 Å². The van der Waals surface area contributed by atoms with Crippen molar-refractivity contribution in [3.63, 3.8) is 0 Å². The van der Waals surface area contributed by atoms with Gasteiger partial charge in [0.15, 0.2) is 0 Å². The number of para-hydroxylation sites is 2. The molecular formula is C18H13N3O2S. The molecule has 0 fully saturated rings. The molecule has 1 N–H and O–H groups in total. The average molecular weight is 335 g/mol. The third kappa shape index (κ3) is 2.47. The zero-order valence-corrected chi connectivity index (χ0v) is 13.4. The van der Waals surface area contributed by atoms with Crippen LogP contribution in [0.5, 0.6) is 0 Å². The van der Waals surface area contributed by atoms with Crippen molar-refractivity contribution < 1.29 is 9.59 Å². The molecule has 6 heteroatoms. The van der Waals surface area contributed by atoms with E-state index < -0.39 is 0 Å². The molecule has 0 radical (unpaired) electrons. The van der Waals surface area contributed by atoms with E-state index in [4.69, 9.17) is 0 Å². The standard InChI is InChI=1S/C18H13N3O2S/c22-17(9-12-5-7-19-8-6-12)21-15-4-2-1-3-14(15)20-18(23)13-10-24-11-16(13)21/h1-8,10-11H,9H2,(H,20,23). The van der Waals surface area contributed by atoms with Crippen LogP contribution < -0.4 is 10.2 Å². The first-order valence-electron chi connectivity index (χ1n) is 7.42. The van der Waals surface area contributed by atoms with Crippen molar-refractivity contribution in [2.75, 3.05) is 10.2 Å². The van der Waals surface area contributed by atoms with Gasteiger partial charge >= 0.3 is 0 Å². The fraction of sp³-hybridized carbons (Fsp3) is 0.0556. The SMILES string of the molecule is O=C1Nc2ccccc2N(C(=O)Cc2ccncc2)c2cscc21. The highest BCUT2D eigenvalue weighted by Gasteiger charge is 2.29. The van der Waals surface area contributed by atoms with Crippen molar-refractivity contribution in [1.82, 2.24) is 4.98 Å². The molecule has 3 aromatic rings. The molecule has 24 heavy (non-hydrogen) atoms. The molecule has 0 unspecified atom stereocenters. The second kappa shape index (κ2) is 5.90. The summed E-state index contributed by atoms with van der Waals surface area (Å²) in [6.07, 6.45) is 3.57. The minimum atomic E-state index is -0.196. The van der Waals surface area contributed by atoms with Gasteiger partial charge in [-0.25, -0.2) is 0 Å². The maximum atomic E-state index is 13.0. The summed E-state index contributed by atoms with van der Waals surface area (Å²) in [6.45, 7) is 0. The number of benzene rings is 1. The number of amides is 2. The number of aromatic nitrogens is 1. The van der Waals surface area contributed by atoms with E-state index in [9.17, 15) is 9.59 Å². The summed E-state index contributed by atoms with van der Waals surface area (Å²) in [7, 11) is 0. The maximum absolute atomic E-state index is 13.0. The van der Waals surface area contributed by atoms with E-state index >= 15 is 0 Å². The quantitative estimate of drug-likeness (QED) is 0.778. The predicted octanol–water partition coefficient (Wildman–Crippen LogP) is 3.62. The number of carbonyl (C=O) groups excluding carboxylic acids is 2. The van der Waals surface area contributed by atoms with Gasteiger partial charge in [-0.3, -0.25) is 19.5 Å². The first-order valence-corrected chi connectivity index (χ1v) is 8.37. The fourth-order valence-electron chi connectivity index (χ4n) is 2.75. The van der Waals surface area contributed by atoms with E-state index in [1.54, 1.807) is 28.7 Å². The Bertz CT molecular complexity index is 921. The number of thiophene rings is 1. The number of nitrogens with zero attached hydrogens (tertiary/aromatic N) is 2. The van der Waals surface area contributed by atoms with Crippen LogP contribution in [0.15, 0.2) is 59.6 Å². The Morgan fingerprint density at radius 1 is 1.08 bits per heavy atom. The molecule has 0 spiro atoms. The van der Waals surface area contributed by atoms with Crippen LogP contribution in [0.4, 0.5) is 17.1 Å². The lowest BCUT2D eigenvalue weighted by molar-refractivity contribution is -0.117. The summed E-state index contributed by atoms with van der Waals surface area (Å²) >= 11 is 1.41. The molecule has 0 atom stereocenters. The monoisotopic (exact) mass is 335 g/mol. The molecule has 2 aromatic heterocycles. The second-order valence-corrected chi connectivity index (χ2v) is 6.15. The van der Waals surface area contributed by atoms with Gasteiger partial charge in [-0.15, -0.1) is 11.3 Å². The van der Waals surface area contributed by atoms with Crippen molar-refractivity contribution in [1.29, 1.82) is 0 Å². The minimum absolute atomic E-state index is 0.0928. The number of pyridine rings is 1. The Balaban J connectivity index is 1.81. The van der Waals surface area contributed by atoms with Gasteiger partial charge in [0.05, 0.1) is 29.0 Å². The van der Waals surface area contributed by atoms with Crippen LogP contribution in [0.25, 0.3) is 0 Å². The van der Waals surface area contributed by atoms with Crippen LogP contribution >= 0.6 is 11.3 Å². The molecule has 1 aromatic carbocycles. The topological polar surface area (TPSA) is 62.3 Å². The zero-order chi connectivity index (χ0) is 16.5. The van der Waals surface area contributed by atoms with Crippen molar-refractivity contribution in [2.24, 2.45) is 0 Å². The molecule has 0 aliphatic carbocycles. The van der Waals surface area contributed by atoms with Gasteiger partial charge in [0.2, 0.25) is 5.91 Å². The van der Waals surface area contributed by atoms with Crippen LogP contribution in [0, 0.1) is 0 Å². The third-order valence-corrected chi connectivity index (χ3v) is 4.61. The summed E-state index contributed by atoms with van der Waals surface area (Å²) < 4.78 is 0. The van der Waals surface area contributed by atoms with Gasteiger partial charge in [0.1, 0.15) is 0 Å². The maximum Gasteiger partial charge on any atom is 0.258 e. The van der Waals surface area contributed by atoms with E-state index in [1.165, 1.54) is 11.3 Å². The van der Waals surface area contributed by atoms with E-state index in [1.807, 2.05) is 35.7 Å². The molecule has 4 rings (SSSR count). The first-order chi connectivity index (χ1) is 11.7. The molecule has 1 aliphatic rings. The Morgan fingerprint density at radius 3 is 2.71 bits per heavy atom. The molecule has 0 bridgehead atoms. The predicted molar refractivity (Wildman–Crippen MR) is 93.8 cm³/mol. The minimum Gasteiger partial charge on any atom is -0.320 e. The summed E-state index contributed by atoms with van der Waals surface area (Å²) in [6, 6.07) is 11.0. The molecular weight excluding hydrogens is 322 g/mol. The van der Waals surface area contributed by atoms with Gasteiger partial charge in [-0.05, 0) is 29.8 Å². The fourth-order valence-corrected chi connectivity index (χ4v) is 3.54. The Kier molecular flexibility index (Phi) is 3.59. The number of hydrogen-bond acceptors (Lipinski definition) is 4. The van der Waals surface area contributed by atoms with Crippen LogP contribution in [-0.2, 0) is 11.2 Å². The van der Waals surface area contributed by atoms with Crippen LogP contribution in [0.3, 0.4) is 0 Å². The molecule has 0 saturated carbocycles. The second-order valence-electron chi connectivity index (χ2n) is 5.40. The van der Waals surface area contributed by atoms with Crippen LogP contribution in [-0.4, -0.2) is 16.8 Å².